The number of carbonyl (C=O) groups excluding carboxylic acids is 1. The monoisotopic (exact) mass is 395 g/mol. The van der Waals surface area contributed by atoms with E-state index in [1.807, 2.05) is 36.1 Å². The lowest BCUT2D eigenvalue weighted by Crippen LogP contribution is -2.50. The minimum atomic E-state index is -0.00775. The topological polar surface area (TPSA) is 54.0 Å². The first kappa shape index (κ1) is 20.4. The number of hydrogen-bond donors (Lipinski definition) is 1. The summed E-state index contributed by atoms with van der Waals surface area (Å²) in [7, 11) is 0. The van der Waals surface area contributed by atoms with Crippen molar-refractivity contribution in [3.05, 3.63) is 34.9 Å². The summed E-state index contributed by atoms with van der Waals surface area (Å²) < 4.78 is 11.2. The molecule has 1 aromatic rings. The first-order chi connectivity index (χ1) is 13.2. The fraction of sp³-hybridized carbons (Fsp3) is 0.650. The first-order valence-corrected chi connectivity index (χ1v) is 10.3. The number of carbonyl (C=O) groups is 1. The van der Waals surface area contributed by atoms with E-state index in [1.54, 1.807) is 0 Å². The maximum absolute atomic E-state index is 12.7. The highest BCUT2D eigenvalue weighted by molar-refractivity contribution is 6.30. The van der Waals surface area contributed by atoms with Crippen LogP contribution in [0.5, 0.6) is 0 Å². The summed E-state index contributed by atoms with van der Waals surface area (Å²) in [5.41, 5.74) is 1.16. The number of piperidine rings is 1. The van der Waals surface area contributed by atoms with Gasteiger partial charge in [0.25, 0.3) is 0 Å². The van der Waals surface area contributed by atoms with Gasteiger partial charge in [-0.2, -0.15) is 0 Å². The van der Waals surface area contributed by atoms with Crippen LogP contribution in [0.1, 0.15) is 31.4 Å². The van der Waals surface area contributed by atoms with Crippen LogP contribution in [0, 0.1) is 0 Å². The predicted molar refractivity (Wildman–Crippen MR) is 106 cm³/mol. The number of nitrogens with zero attached hydrogens (tertiary/aromatic N) is 2. The number of hydrogen-bond acceptors (Lipinski definition) is 4. The van der Waals surface area contributed by atoms with Crippen molar-refractivity contribution in [2.45, 2.75) is 31.9 Å². The SMILES string of the molecule is CCOC1CCCN(C(=O)NCC(c2ccc(Cl)cc2)N2CCOCC2)C1. The highest BCUT2D eigenvalue weighted by Crippen LogP contribution is 2.23. The number of amides is 2. The zero-order valence-corrected chi connectivity index (χ0v) is 16.8. The molecular weight excluding hydrogens is 366 g/mol. The molecule has 2 amide bonds. The van der Waals surface area contributed by atoms with E-state index in [4.69, 9.17) is 21.1 Å². The highest BCUT2D eigenvalue weighted by atomic mass is 35.5. The van der Waals surface area contributed by atoms with Crippen molar-refractivity contribution >= 4 is 17.6 Å². The van der Waals surface area contributed by atoms with E-state index in [2.05, 4.69) is 10.2 Å². The average Bonchev–Trinajstić information content (AvgIpc) is 2.70. The van der Waals surface area contributed by atoms with Gasteiger partial charge in [0, 0.05) is 44.4 Å². The maximum Gasteiger partial charge on any atom is 0.317 e. The first-order valence-electron chi connectivity index (χ1n) is 9.89. The van der Waals surface area contributed by atoms with Crippen molar-refractivity contribution in [3.8, 4) is 0 Å². The summed E-state index contributed by atoms with van der Waals surface area (Å²) in [6, 6.07) is 8.00. The van der Waals surface area contributed by atoms with Crippen molar-refractivity contribution in [3.63, 3.8) is 0 Å². The van der Waals surface area contributed by atoms with Crippen molar-refractivity contribution < 1.29 is 14.3 Å². The number of morpholine rings is 1. The molecule has 6 nitrogen and oxygen atoms in total. The van der Waals surface area contributed by atoms with Crippen molar-refractivity contribution in [1.29, 1.82) is 0 Å². The Labute approximate surface area is 166 Å². The zero-order chi connectivity index (χ0) is 19.1. The summed E-state index contributed by atoms with van der Waals surface area (Å²) >= 11 is 6.05. The van der Waals surface area contributed by atoms with Gasteiger partial charge in [0.15, 0.2) is 0 Å². The molecule has 0 bridgehead atoms. The third-order valence-corrected chi connectivity index (χ3v) is 5.51. The van der Waals surface area contributed by atoms with Crippen molar-refractivity contribution in [1.82, 2.24) is 15.1 Å². The summed E-state index contributed by atoms with van der Waals surface area (Å²) in [5.74, 6) is 0. The Morgan fingerprint density at radius 3 is 2.74 bits per heavy atom. The van der Waals surface area contributed by atoms with Crippen LogP contribution in [-0.2, 0) is 9.47 Å². The highest BCUT2D eigenvalue weighted by Gasteiger charge is 2.27. The molecule has 2 aliphatic heterocycles. The Hall–Kier alpha value is -1.34. The molecular formula is C20H30ClN3O3. The van der Waals surface area contributed by atoms with Gasteiger partial charge in [0.1, 0.15) is 0 Å². The molecule has 150 valence electrons. The van der Waals surface area contributed by atoms with Crippen LogP contribution in [0.15, 0.2) is 24.3 Å². The van der Waals surface area contributed by atoms with Gasteiger partial charge < -0.3 is 19.7 Å². The Morgan fingerprint density at radius 1 is 1.30 bits per heavy atom. The van der Waals surface area contributed by atoms with E-state index >= 15 is 0 Å². The summed E-state index contributed by atoms with van der Waals surface area (Å²) in [4.78, 5) is 17.0. The molecule has 3 rings (SSSR count). The molecule has 0 aromatic heterocycles. The quantitative estimate of drug-likeness (QED) is 0.804. The largest absolute Gasteiger partial charge is 0.379 e. The number of nitrogens with one attached hydrogen (secondary N) is 1. The van der Waals surface area contributed by atoms with E-state index in [0.717, 1.165) is 56.3 Å². The lowest BCUT2D eigenvalue weighted by atomic mass is 10.0. The molecule has 7 heteroatoms. The van der Waals surface area contributed by atoms with E-state index in [0.29, 0.717) is 19.7 Å². The number of ether oxygens (including phenoxy) is 2. The Kier molecular flexibility index (Phi) is 7.76. The number of benzene rings is 1. The molecule has 2 fully saturated rings. The molecule has 1 N–H and O–H groups in total. The molecule has 0 spiro atoms. The molecule has 2 saturated heterocycles. The van der Waals surface area contributed by atoms with Gasteiger partial charge in [0.2, 0.25) is 0 Å². The molecule has 2 atom stereocenters. The van der Waals surface area contributed by atoms with Crippen LogP contribution in [-0.4, -0.2) is 74.5 Å². The molecule has 0 saturated carbocycles. The van der Waals surface area contributed by atoms with Crippen LogP contribution in [0.25, 0.3) is 0 Å². The van der Waals surface area contributed by atoms with Gasteiger partial charge >= 0.3 is 6.03 Å². The standard InChI is InChI=1S/C20H30ClN3O3/c1-2-27-18-4-3-9-24(15-18)20(25)22-14-19(23-10-12-26-13-11-23)16-5-7-17(21)8-6-16/h5-8,18-19H,2-4,9-15H2,1H3,(H,22,25). The minimum Gasteiger partial charge on any atom is -0.379 e. The molecule has 2 heterocycles. The second kappa shape index (κ2) is 10.3. The summed E-state index contributed by atoms with van der Waals surface area (Å²) in [6.45, 7) is 7.88. The van der Waals surface area contributed by atoms with Gasteiger partial charge in [-0.1, -0.05) is 23.7 Å². The van der Waals surface area contributed by atoms with Crippen molar-refractivity contribution in [2.75, 3.05) is 52.5 Å². The van der Waals surface area contributed by atoms with Crippen LogP contribution in [0.4, 0.5) is 4.79 Å². The fourth-order valence-electron chi connectivity index (χ4n) is 3.82. The Bertz CT molecular complexity index is 591. The second-order valence-corrected chi connectivity index (χ2v) is 7.50. The minimum absolute atomic E-state index is 0.00775. The smallest absolute Gasteiger partial charge is 0.317 e. The average molecular weight is 396 g/mol. The Balaban J connectivity index is 1.61. The lowest BCUT2D eigenvalue weighted by molar-refractivity contribution is 0.0120. The van der Waals surface area contributed by atoms with Crippen LogP contribution in [0.3, 0.4) is 0 Å². The Morgan fingerprint density at radius 2 is 2.04 bits per heavy atom. The van der Waals surface area contributed by atoms with Gasteiger partial charge in [-0.25, -0.2) is 4.79 Å². The van der Waals surface area contributed by atoms with Gasteiger partial charge in [-0.05, 0) is 37.5 Å². The van der Waals surface area contributed by atoms with Gasteiger partial charge in [-0.3, -0.25) is 4.90 Å². The van der Waals surface area contributed by atoms with E-state index in [-0.39, 0.29) is 18.2 Å². The number of urea groups is 1. The number of halogens is 1. The van der Waals surface area contributed by atoms with E-state index < -0.39 is 0 Å². The summed E-state index contributed by atoms with van der Waals surface area (Å²) in [6.07, 6.45) is 2.17. The summed E-state index contributed by atoms with van der Waals surface area (Å²) in [5, 5.41) is 3.86. The lowest BCUT2D eigenvalue weighted by Gasteiger charge is -2.36. The predicted octanol–water partition coefficient (Wildman–Crippen LogP) is 2.92. The fourth-order valence-corrected chi connectivity index (χ4v) is 3.95. The molecule has 27 heavy (non-hydrogen) atoms. The third kappa shape index (κ3) is 5.82. The number of likely N-dealkylation sites (tertiary alicyclic amines) is 1. The molecule has 0 aliphatic carbocycles. The van der Waals surface area contributed by atoms with Crippen LogP contribution < -0.4 is 5.32 Å². The molecule has 0 radical (unpaired) electrons. The molecule has 1 aromatic carbocycles. The normalized spacial score (nSPS) is 22.4. The zero-order valence-electron chi connectivity index (χ0n) is 16.0. The van der Waals surface area contributed by atoms with Crippen molar-refractivity contribution in [2.24, 2.45) is 0 Å². The van der Waals surface area contributed by atoms with E-state index in [9.17, 15) is 4.79 Å². The van der Waals surface area contributed by atoms with Gasteiger partial charge in [-0.15, -0.1) is 0 Å². The van der Waals surface area contributed by atoms with E-state index in [1.165, 1.54) is 0 Å². The second-order valence-electron chi connectivity index (χ2n) is 7.07. The number of rotatable bonds is 6. The maximum atomic E-state index is 12.7. The molecule has 2 unspecified atom stereocenters. The van der Waals surface area contributed by atoms with Crippen LogP contribution >= 0.6 is 11.6 Å². The van der Waals surface area contributed by atoms with Gasteiger partial charge in [0.05, 0.1) is 25.4 Å². The van der Waals surface area contributed by atoms with Crippen LogP contribution in [0.2, 0.25) is 5.02 Å². The molecule has 2 aliphatic rings. The third-order valence-electron chi connectivity index (χ3n) is 5.26.